The van der Waals surface area contributed by atoms with E-state index in [9.17, 15) is 8.42 Å². The predicted octanol–water partition coefficient (Wildman–Crippen LogP) is 1.46. The molecule has 78 valence electrons. The standard InChI is InChI=1S/C10H15NO2S/c1-8-5-4-6-9(7-8)14(12,13)10(2,3)11/h4-7H,11H2,1-3H3. The zero-order valence-corrected chi connectivity index (χ0v) is 9.43. The largest absolute Gasteiger partial charge is 0.313 e. The molecule has 3 nitrogen and oxygen atoms in total. The van der Waals surface area contributed by atoms with E-state index in [1.165, 1.54) is 13.8 Å². The van der Waals surface area contributed by atoms with Gasteiger partial charge in [0.05, 0.1) is 4.90 Å². The van der Waals surface area contributed by atoms with Crippen molar-refractivity contribution in [3.05, 3.63) is 29.8 Å². The van der Waals surface area contributed by atoms with Gasteiger partial charge in [-0.3, -0.25) is 0 Å². The Bertz CT molecular complexity index is 430. The fourth-order valence-electron chi connectivity index (χ4n) is 1.09. The quantitative estimate of drug-likeness (QED) is 0.809. The predicted molar refractivity (Wildman–Crippen MR) is 56.6 cm³/mol. The minimum absolute atomic E-state index is 0.282. The van der Waals surface area contributed by atoms with Gasteiger partial charge in [-0.2, -0.15) is 0 Å². The number of hydrogen-bond donors (Lipinski definition) is 1. The summed E-state index contributed by atoms with van der Waals surface area (Å²) in [6, 6.07) is 6.76. The van der Waals surface area contributed by atoms with Crippen molar-refractivity contribution in [2.45, 2.75) is 30.5 Å². The molecule has 4 heteroatoms. The van der Waals surface area contributed by atoms with E-state index in [1.54, 1.807) is 18.2 Å². The first-order chi connectivity index (χ1) is 6.25. The second-order valence-corrected chi connectivity index (χ2v) is 6.45. The Balaban J connectivity index is 3.32. The summed E-state index contributed by atoms with van der Waals surface area (Å²) in [6.07, 6.45) is 0. The van der Waals surface area contributed by atoms with Crippen LogP contribution in [0.4, 0.5) is 0 Å². The van der Waals surface area contributed by atoms with Crippen LogP contribution in [-0.2, 0) is 9.84 Å². The number of benzene rings is 1. The maximum absolute atomic E-state index is 11.9. The Morgan fingerprint density at radius 1 is 1.29 bits per heavy atom. The van der Waals surface area contributed by atoms with E-state index in [4.69, 9.17) is 5.73 Å². The lowest BCUT2D eigenvalue weighted by Crippen LogP contribution is -2.41. The van der Waals surface area contributed by atoms with Crippen LogP contribution in [-0.4, -0.2) is 13.3 Å². The highest BCUT2D eigenvalue weighted by atomic mass is 32.2. The molecule has 0 saturated heterocycles. The highest BCUT2D eigenvalue weighted by Gasteiger charge is 2.31. The molecule has 2 N–H and O–H groups in total. The second kappa shape index (κ2) is 3.37. The summed E-state index contributed by atoms with van der Waals surface area (Å²) < 4.78 is 23.8. The highest BCUT2D eigenvalue weighted by Crippen LogP contribution is 2.21. The molecule has 1 rings (SSSR count). The summed E-state index contributed by atoms with van der Waals surface area (Å²) in [7, 11) is -3.42. The van der Waals surface area contributed by atoms with Crippen LogP contribution in [0.5, 0.6) is 0 Å². The second-order valence-electron chi connectivity index (χ2n) is 3.92. The minimum Gasteiger partial charge on any atom is -0.313 e. The van der Waals surface area contributed by atoms with E-state index in [1.807, 2.05) is 13.0 Å². The zero-order chi connectivity index (χ0) is 11.0. The molecule has 0 radical (unpaired) electrons. The Labute approximate surface area is 84.9 Å². The van der Waals surface area contributed by atoms with E-state index >= 15 is 0 Å². The monoisotopic (exact) mass is 213 g/mol. The smallest absolute Gasteiger partial charge is 0.196 e. The minimum atomic E-state index is -3.42. The summed E-state index contributed by atoms with van der Waals surface area (Å²) in [5.41, 5.74) is 6.52. The van der Waals surface area contributed by atoms with Crippen molar-refractivity contribution in [3.8, 4) is 0 Å². The van der Waals surface area contributed by atoms with Gasteiger partial charge in [-0.05, 0) is 38.5 Å². The molecule has 1 aromatic carbocycles. The first-order valence-corrected chi connectivity index (χ1v) is 5.83. The maximum atomic E-state index is 11.9. The van der Waals surface area contributed by atoms with E-state index in [-0.39, 0.29) is 4.90 Å². The number of nitrogens with two attached hydrogens (primary N) is 1. The Hall–Kier alpha value is -0.870. The first kappa shape index (κ1) is 11.2. The van der Waals surface area contributed by atoms with Crippen molar-refractivity contribution in [1.82, 2.24) is 0 Å². The number of hydrogen-bond acceptors (Lipinski definition) is 3. The van der Waals surface area contributed by atoms with Gasteiger partial charge in [0, 0.05) is 0 Å². The molecule has 0 aromatic heterocycles. The number of aryl methyl sites for hydroxylation is 1. The summed E-state index contributed by atoms with van der Waals surface area (Å²) in [4.78, 5) is -0.953. The molecule has 0 heterocycles. The Morgan fingerprint density at radius 2 is 1.86 bits per heavy atom. The molecule has 0 amide bonds. The van der Waals surface area contributed by atoms with E-state index in [2.05, 4.69) is 0 Å². The van der Waals surface area contributed by atoms with Gasteiger partial charge in [0.15, 0.2) is 9.84 Å². The molecule has 1 aromatic rings. The third-order valence-corrected chi connectivity index (χ3v) is 4.25. The normalized spacial score (nSPS) is 12.9. The van der Waals surface area contributed by atoms with Gasteiger partial charge in [-0.25, -0.2) is 8.42 Å². The third kappa shape index (κ3) is 1.96. The lowest BCUT2D eigenvalue weighted by Gasteiger charge is -2.19. The molecular formula is C10H15NO2S. The van der Waals surface area contributed by atoms with E-state index < -0.39 is 14.7 Å². The molecule has 0 aliphatic heterocycles. The lowest BCUT2D eigenvalue weighted by atomic mass is 10.2. The van der Waals surface area contributed by atoms with Gasteiger partial charge in [-0.15, -0.1) is 0 Å². The van der Waals surface area contributed by atoms with Gasteiger partial charge in [0.25, 0.3) is 0 Å². The molecule has 0 saturated carbocycles. The van der Waals surface area contributed by atoms with Crippen LogP contribution in [0.15, 0.2) is 29.2 Å². The van der Waals surface area contributed by atoms with Crippen LogP contribution in [0.1, 0.15) is 19.4 Å². The molecule has 0 aliphatic rings. The Morgan fingerprint density at radius 3 is 2.29 bits per heavy atom. The summed E-state index contributed by atoms with van der Waals surface area (Å²) >= 11 is 0. The van der Waals surface area contributed by atoms with Crippen LogP contribution in [0.25, 0.3) is 0 Å². The van der Waals surface area contributed by atoms with Crippen LogP contribution in [0.3, 0.4) is 0 Å². The summed E-state index contributed by atoms with van der Waals surface area (Å²) in [5.74, 6) is 0. The molecular weight excluding hydrogens is 198 g/mol. The zero-order valence-electron chi connectivity index (χ0n) is 8.61. The van der Waals surface area contributed by atoms with E-state index in [0.717, 1.165) is 5.56 Å². The first-order valence-electron chi connectivity index (χ1n) is 4.35. The summed E-state index contributed by atoms with van der Waals surface area (Å²) in [6.45, 7) is 4.83. The highest BCUT2D eigenvalue weighted by molar-refractivity contribution is 7.92. The van der Waals surface area contributed by atoms with Gasteiger partial charge in [0.1, 0.15) is 4.87 Å². The molecule has 0 aliphatic carbocycles. The molecule has 0 atom stereocenters. The van der Waals surface area contributed by atoms with Crippen LogP contribution in [0.2, 0.25) is 0 Å². The SMILES string of the molecule is Cc1cccc(S(=O)(=O)C(C)(C)N)c1. The van der Waals surface area contributed by atoms with Crippen molar-refractivity contribution in [1.29, 1.82) is 0 Å². The van der Waals surface area contributed by atoms with Gasteiger partial charge < -0.3 is 5.73 Å². The van der Waals surface area contributed by atoms with Crippen molar-refractivity contribution in [3.63, 3.8) is 0 Å². The van der Waals surface area contributed by atoms with Crippen molar-refractivity contribution in [2.75, 3.05) is 0 Å². The Kier molecular flexibility index (Phi) is 2.69. The third-order valence-electron chi connectivity index (χ3n) is 1.99. The lowest BCUT2D eigenvalue weighted by molar-refractivity contribution is 0.552. The van der Waals surface area contributed by atoms with Crippen molar-refractivity contribution < 1.29 is 8.42 Å². The topological polar surface area (TPSA) is 60.2 Å². The number of sulfone groups is 1. The van der Waals surface area contributed by atoms with Crippen LogP contribution in [0, 0.1) is 6.92 Å². The fraction of sp³-hybridized carbons (Fsp3) is 0.400. The van der Waals surface area contributed by atoms with Crippen LogP contribution < -0.4 is 5.73 Å². The van der Waals surface area contributed by atoms with Crippen LogP contribution >= 0.6 is 0 Å². The summed E-state index contributed by atoms with van der Waals surface area (Å²) in [5, 5.41) is 0. The van der Waals surface area contributed by atoms with Crippen molar-refractivity contribution in [2.24, 2.45) is 5.73 Å². The molecule has 0 bridgehead atoms. The molecule has 14 heavy (non-hydrogen) atoms. The van der Waals surface area contributed by atoms with E-state index in [0.29, 0.717) is 0 Å². The molecule has 0 fully saturated rings. The van der Waals surface area contributed by atoms with Gasteiger partial charge >= 0.3 is 0 Å². The number of rotatable bonds is 2. The molecule has 0 spiro atoms. The fourth-order valence-corrected chi connectivity index (χ4v) is 2.29. The molecule has 0 unspecified atom stereocenters. The average Bonchev–Trinajstić information content (AvgIpc) is 2.02. The van der Waals surface area contributed by atoms with Gasteiger partial charge in [-0.1, -0.05) is 12.1 Å². The maximum Gasteiger partial charge on any atom is 0.196 e. The van der Waals surface area contributed by atoms with Gasteiger partial charge in [0.2, 0.25) is 0 Å². The van der Waals surface area contributed by atoms with Crippen molar-refractivity contribution >= 4 is 9.84 Å². The average molecular weight is 213 g/mol.